The molecule has 104 valence electrons. The standard InChI is InChI=1S/C14H20N2O3/c15-12-6-5-10(9-13(12)18)14(19)16(7-8-17)11-3-1-2-4-11/h5-6,9,11,17-18H,1-4,7-8,15H2. The van der Waals surface area contributed by atoms with Crippen LogP contribution in [0.1, 0.15) is 36.0 Å². The Morgan fingerprint density at radius 3 is 2.63 bits per heavy atom. The smallest absolute Gasteiger partial charge is 0.254 e. The van der Waals surface area contributed by atoms with Crippen molar-refractivity contribution in [2.24, 2.45) is 0 Å². The van der Waals surface area contributed by atoms with E-state index in [2.05, 4.69) is 0 Å². The number of hydrogen-bond acceptors (Lipinski definition) is 4. The number of aliphatic hydroxyl groups excluding tert-OH is 1. The molecular formula is C14H20N2O3. The maximum absolute atomic E-state index is 12.4. The second-order valence-corrected chi connectivity index (χ2v) is 4.93. The summed E-state index contributed by atoms with van der Waals surface area (Å²) in [4.78, 5) is 14.2. The van der Waals surface area contributed by atoms with Crippen LogP contribution in [0.15, 0.2) is 18.2 Å². The molecule has 4 N–H and O–H groups in total. The van der Waals surface area contributed by atoms with E-state index in [1.54, 1.807) is 11.0 Å². The van der Waals surface area contributed by atoms with Crippen molar-refractivity contribution in [2.45, 2.75) is 31.7 Å². The number of carbonyl (C=O) groups excluding carboxylic acids is 1. The molecule has 1 amide bonds. The lowest BCUT2D eigenvalue weighted by molar-refractivity contribution is 0.0637. The number of anilines is 1. The third kappa shape index (κ3) is 2.98. The van der Waals surface area contributed by atoms with Crippen molar-refractivity contribution in [2.75, 3.05) is 18.9 Å². The van der Waals surface area contributed by atoms with Crippen LogP contribution >= 0.6 is 0 Å². The Bertz CT molecular complexity index is 456. The van der Waals surface area contributed by atoms with Gasteiger partial charge in [0.15, 0.2) is 0 Å². The molecule has 0 atom stereocenters. The number of benzene rings is 1. The van der Waals surface area contributed by atoms with Gasteiger partial charge in [-0.3, -0.25) is 4.79 Å². The largest absolute Gasteiger partial charge is 0.506 e. The van der Waals surface area contributed by atoms with Gasteiger partial charge in [0.05, 0.1) is 12.3 Å². The molecule has 1 aromatic rings. The van der Waals surface area contributed by atoms with Crippen molar-refractivity contribution in [3.05, 3.63) is 23.8 Å². The molecule has 1 aromatic carbocycles. The summed E-state index contributed by atoms with van der Waals surface area (Å²) in [6.07, 6.45) is 4.19. The molecule has 1 saturated carbocycles. The number of hydrogen-bond donors (Lipinski definition) is 3. The van der Waals surface area contributed by atoms with Crippen molar-refractivity contribution in [1.29, 1.82) is 0 Å². The number of nitrogens with zero attached hydrogens (tertiary/aromatic N) is 1. The van der Waals surface area contributed by atoms with Crippen LogP contribution in [-0.4, -0.2) is 40.2 Å². The van der Waals surface area contributed by atoms with Crippen molar-refractivity contribution in [1.82, 2.24) is 4.90 Å². The van der Waals surface area contributed by atoms with E-state index in [0.717, 1.165) is 25.7 Å². The minimum absolute atomic E-state index is 0.0524. The molecule has 0 saturated heterocycles. The van der Waals surface area contributed by atoms with E-state index in [-0.39, 0.29) is 30.0 Å². The zero-order valence-electron chi connectivity index (χ0n) is 10.9. The molecule has 5 heteroatoms. The average Bonchev–Trinajstić information content (AvgIpc) is 2.92. The van der Waals surface area contributed by atoms with Gasteiger partial charge in [0.1, 0.15) is 5.75 Å². The summed E-state index contributed by atoms with van der Waals surface area (Å²) >= 11 is 0. The van der Waals surface area contributed by atoms with Gasteiger partial charge in [0.25, 0.3) is 5.91 Å². The Balaban J connectivity index is 2.20. The Hall–Kier alpha value is -1.75. The maximum Gasteiger partial charge on any atom is 0.254 e. The lowest BCUT2D eigenvalue weighted by atomic mass is 10.1. The highest BCUT2D eigenvalue weighted by molar-refractivity contribution is 5.95. The fourth-order valence-corrected chi connectivity index (χ4v) is 2.62. The van der Waals surface area contributed by atoms with Gasteiger partial charge in [-0.05, 0) is 31.0 Å². The van der Waals surface area contributed by atoms with Gasteiger partial charge in [-0.15, -0.1) is 0 Å². The van der Waals surface area contributed by atoms with Crippen LogP contribution in [0, 0.1) is 0 Å². The predicted octanol–water partition coefficient (Wildman–Crippen LogP) is 1.35. The Labute approximate surface area is 112 Å². The van der Waals surface area contributed by atoms with Gasteiger partial charge in [-0.2, -0.15) is 0 Å². The predicted molar refractivity (Wildman–Crippen MR) is 72.9 cm³/mol. The second-order valence-electron chi connectivity index (χ2n) is 4.93. The number of amides is 1. The number of phenolic OH excluding ortho intramolecular Hbond substituents is 1. The van der Waals surface area contributed by atoms with Crippen LogP contribution in [0.25, 0.3) is 0 Å². The van der Waals surface area contributed by atoms with Crippen molar-refractivity contribution in [3.63, 3.8) is 0 Å². The molecule has 2 rings (SSSR count). The van der Waals surface area contributed by atoms with E-state index in [4.69, 9.17) is 10.8 Å². The monoisotopic (exact) mass is 264 g/mol. The number of nitrogen functional groups attached to an aromatic ring is 1. The summed E-state index contributed by atoms with van der Waals surface area (Å²) in [5.41, 5.74) is 6.20. The topological polar surface area (TPSA) is 86.8 Å². The van der Waals surface area contributed by atoms with Gasteiger partial charge < -0.3 is 20.8 Å². The summed E-state index contributed by atoms with van der Waals surface area (Å²) in [5, 5.41) is 18.7. The van der Waals surface area contributed by atoms with Crippen molar-refractivity contribution in [3.8, 4) is 5.75 Å². The summed E-state index contributed by atoms with van der Waals surface area (Å²) in [6, 6.07) is 4.71. The van der Waals surface area contributed by atoms with Crippen LogP contribution < -0.4 is 5.73 Å². The number of rotatable bonds is 4. The highest BCUT2D eigenvalue weighted by Gasteiger charge is 2.27. The first-order chi connectivity index (χ1) is 9.13. The molecule has 0 spiro atoms. The van der Waals surface area contributed by atoms with E-state index in [0.29, 0.717) is 12.1 Å². The van der Waals surface area contributed by atoms with Crippen molar-refractivity contribution < 1.29 is 15.0 Å². The number of aliphatic hydroxyl groups is 1. The van der Waals surface area contributed by atoms with Gasteiger partial charge in [0, 0.05) is 18.2 Å². The number of phenols is 1. The Morgan fingerprint density at radius 2 is 2.05 bits per heavy atom. The lowest BCUT2D eigenvalue weighted by Crippen LogP contribution is -2.40. The highest BCUT2D eigenvalue weighted by Crippen LogP contribution is 2.26. The number of nitrogens with two attached hydrogens (primary N) is 1. The molecular weight excluding hydrogens is 244 g/mol. The first-order valence-electron chi connectivity index (χ1n) is 6.64. The van der Waals surface area contributed by atoms with E-state index >= 15 is 0 Å². The first kappa shape index (κ1) is 13.7. The van der Waals surface area contributed by atoms with E-state index < -0.39 is 0 Å². The fraction of sp³-hybridized carbons (Fsp3) is 0.500. The Kier molecular flexibility index (Phi) is 4.27. The molecule has 0 radical (unpaired) electrons. The minimum Gasteiger partial charge on any atom is -0.506 e. The third-order valence-electron chi connectivity index (χ3n) is 3.64. The number of carbonyl (C=O) groups is 1. The zero-order valence-corrected chi connectivity index (χ0v) is 10.9. The molecule has 0 bridgehead atoms. The normalized spacial score (nSPS) is 15.6. The number of aromatic hydroxyl groups is 1. The minimum atomic E-state index is -0.156. The molecule has 0 aromatic heterocycles. The summed E-state index contributed by atoms with van der Waals surface area (Å²) in [7, 11) is 0. The fourth-order valence-electron chi connectivity index (χ4n) is 2.62. The first-order valence-corrected chi connectivity index (χ1v) is 6.64. The van der Waals surface area contributed by atoms with Crippen LogP contribution in [0.3, 0.4) is 0 Å². The summed E-state index contributed by atoms with van der Waals surface area (Å²) in [6.45, 7) is 0.276. The van der Waals surface area contributed by atoms with E-state index in [1.165, 1.54) is 12.1 Å². The van der Waals surface area contributed by atoms with Gasteiger partial charge >= 0.3 is 0 Å². The average molecular weight is 264 g/mol. The molecule has 0 unspecified atom stereocenters. The highest BCUT2D eigenvalue weighted by atomic mass is 16.3. The van der Waals surface area contributed by atoms with Crippen LogP contribution in [0.4, 0.5) is 5.69 Å². The molecule has 0 heterocycles. The summed E-state index contributed by atoms with van der Waals surface area (Å²) in [5.74, 6) is -0.238. The summed E-state index contributed by atoms with van der Waals surface area (Å²) < 4.78 is 0. The lowest BCUT2D eigenvalue weighted by Gasteiger charge is -2.28. The molecule has 19 heavy (non-hydrogen) atoms. The van der Waals surface area contributed by atoms with Crippen LogP contribution in [0.5, 0.6) is 5.75 Å². The van der Waals surface area contributed by atoms with Gasteiger partial charge in [-0.1, -0.05) is 12.8 Å². The van der Waals surface area contributed by atoms with Crippen LogP contribution in [-0.2, 0) is 0 Å². The molecule has 1 aliphatic carbocycles. The second kappa shape index (κ2) is 5.93. The molecule has 1 fully saturated rings. The van der Waals surface area contributed by atoms with Gasteiger partial charge in [0.2, 0.25) is 0 Å². The van der Waals surface area contributed by atoms with Crippen LogP contribution in [0.2, 0.25) is 0 Å². The van der Waals surface area contributed by atoms with E-state index in [9.17, 15) is 9.90 Å². The van der Waals surface area contributed by atoms with Crippen molar-refractivity contribution >= 4 is 11.6 Å². The molecule has 0 aliphatic heterocycles. The van der Waals surface area contributed by atoms with Gasteiger partial charge in [-0.25, -0.2) is 0 Å². The quantitative estimate of drug-likeness (QED) is 0.566. The SMILES string of the molecule is Nc1ccc(C(=O)N(CCO)C2CCCC2)cc1O. The Morgan fingerprint density at radius 1 is 1.37 bits per heavy atom. The third-order valence-corrected chi connectivity index (χ3v) is 3.64. The zero-order chi connectivity index (χ0) is 13.8. The van der Waals surface area contributed by atoms with E-state index in [1.807, 2.05) is 0 Å². The maximum atomic E-state index is 12.4. The molecule has 1 aliphatic rings. The molecule has 5 nitrogen and oxygen atoms in total.